The summed E-state index contributed by atoms with van der Waals surface area (Å²) in [6, 6.07) is 8.24. The third kappa shape index (κ3) is 6.94. The molecule has 0 atom stereocenters. The molecule has 2 rings (SSSR count). The minimum absolute atomic E-state index is 0.152. The number of hydrogen-bond donors (Lipinski definition) is 2. The van der Waals surface area contributed by atoms with E-state index in [1.165, 1.54) is 11.1 Å². The van der Waals surface area contributed by atoms with Crippen molar-refractivity contribution in [2.45, 2.75) is 91.9 Å². The second-order valence-corrected chi connectivity index (χ2v) is 11.9. The van der Waals surface area contributed by atoms with Gasteiger partial charge in [-0.05, 0) is 45.9 Å². The molecule has 0 heterocycles. The number of nitrogens with zero attached hydrogens (tertiary/aromatic N) is 2. The van der Waals surface area contributed by atoms with E-state index in [9.17, 15) is 10.2 Å². The van der Waals surface area contributed by atoms with E-state index in [1.807, 2.05) is 12.1 Å². The Morgan fingerprint density at radius 1 is 0.647 bits per heavy atom. The fraction of sp³-hybridized carbons (Fsp3) is 0.533. The number of phenols is 2. The standard InChI is InChI=1S/C30H44N2O2/c1-19(2)21-13-23(27(33)25(15-21)29(5,6)7)17-31-11-12-32-18-24-14-22(20(3)4)16-26(28(24)34)30(8,9)10/h13-20,33-34H,11-12H2,1-10H3. The Labute approximate surface area is 206 Å². The molecule has 0 saturated carbocycles. The summed E-state index contributed by atoms with van der Waals surface area (Å²) in [5, 5.41) is 21.7. The summed E-state index contributed by atoms with van der Waals surface area (Å²) in [6.45, 7) is 22.3. The Morgan fingerprint density at radius 3 is 1.24 bits per heavy atom. The minimum Gasteiger partial charge on any atom is -0.507 e. The van der Waals surface area contributed by atoms with Crippen LogP contribution in [0.4, 0.5) is 0 Å². The predicted molar refractivity (Wildman–Crippen MR) is 147 cm³/mol. The molecule has 0 spiro atoms. The van der Waals surface area contributed by atoms with Gasteiger partial charge in [0, 0.05) is 34.7 Å². The van der Waals surface area contributed by atoms with Crippen LogP contribution < -0.4 is 0 Å². The summed E-state index contributed by atoms with van der Waals surface area (Å²) >= 11 is 0. The summed E-state index contributed by atoms with van der Waals surface area (Å²) in [7, 11) is 0. The molecule has 0 aromatic heterocycles. The summed E-state index contributed by atoms with van der Waals surface area (Å²) in [5.74, 6) is 1.33. The van der Waals surface area contributed by atoms with Gasteiger partial charge in [0.1, 0.15) is 11.5 Å². The maximum atomic E-state index is 10.8. The van der Waals surface area contributed by atoms with Crippen LogP contribution in [-0.2, 0) is 10.8 Å². The van der Waals surface area contributed by atoms with Gasteiger partial charge >= 0.3 is 0 Å². The quantitative estimate of drug-likeness (QED) is 0.329. The molecular formula is C30H44N2O2. The number of rotatable bonds is 7. The van der Waals surface area contributed by atoms with Gasteiger partial charge in [-0.3, -0.25) is 9.98 Å². The maximum absolute atomic E-state index is 10.8. The third-order valence-electron chi connectivity index (χ3n) is 6.09. The Bertz CT molecular complexity index is 963. The van der Waals surface area contributed by atoms with Crippen molar-refractivity contribution in [1.29, 1.82) is 0 Å². The van der Waals surface area contributed by atoms with Crippen molar-refractivity contribution in [3.8, 4) is 11.5 Å². The number of phenolic OH excluding ortho intramolecular Hbond substituents is 2. The predicted octanol–water partition coefficient (Wildman–Crippen LogP) is 7.48. The molecule has 0 unspecified atom stereocenters. The van der Waals surface area contributed by atoms with Crippen LogP contribution >= 0.6 is 0 Å². The van der Waals surface area contributed by atoms with Gasteiger partial charge in [0.25, 0.3) is 0 Å². The van der Waals surface area contributed by atoms with Gasteiger partial charge < -0.3 is 10.2 Å². The third-order valence-corrected chi connectivity index (χ3v) is 6.09. The van der Waals surface area contributed by atoms with E-state index in [2.05, 4.69) is 91.4 Å². The van der Waals surface area contributed by atoms with E-state index >= 15 is 0 Å². The van der Waals surface area contributed by atoms with Gasteiger partial charge in [-0.25, -0.2) is 0 Å². The SMILES string of the molecule is CC(C)c1cc(C=NCCN=Cc2cc(C(C)C)cc(C(C)(C)C)c2O)c(O)c(C(C)(C)C)c1. The second-order valence-electron chi connectivity index (χ2n) is 11.9. The number of aliphatic imine (C=N–C) groups is 2. The van der Waals surface area contributed by atoms with Crippen LogP contribution in [-0.4, -0.2) is 35.7 Å². The second kappa shape index (κ2) is 10.8. The number of hydrogen-bond acceptors (Lipinski definition) is 4. The zero-order chi connectivity index (χ0) is 25.8. The summed E-state index contributed by atoms with van der Waals surface area (Å²) in [4.78, 5) is 9.04. The van der Waals surface area contributed by atoms with Gasteiger partial charge in [0.15, 0.2) is 0 Å². The topological polar surface area (TPSA) is 65.2 Å². The van der Waals surface area contributed by atoms with Crippen LogP contribution in [0, 0.1) is 0 Å². The molecule has 186 valence electrons. The maximum Gasteiger partial charge on any atom is 0.128 e. The van der Waals surface area contributed by atoms with Crippen LogP contribution in [0.25, 0.3) is 0 Å². The van der Waals surface area contributed by atoms with Crippen LogP contribution in [0.15, 0.2) is 34.3 Å². The normalized spacial score (nSPS) is 13.2. The van der Waals surface area contributed by atoms with Gasteiger partial charge in [0.2, 0.25) is 0 Å². The van der Waals surface area contributed by atoms with Crippen molar-refractivity contribution in [1.82, 2.24) is 0 Å². The average molecular weight is 465 g/mol. The fourth-order valence-corrected chi connectivity index (χ4v) is 3.81. The largest absolute Gasteiger partial charge is 0.507 e. The lowest BCUT2D eigenvalue weighted by molar-refractivity contribution is 0.444. The van der Waals surface area contributed by atoms with Crippen molar-refractivity contribution >= 4 is 12.4 Å². The van der Waals surface area contributed by atoms with E-state index < -0.39 is 0 Å². The van der Waals surface area contributed by atoms with Gasteiger partial charge in [-0.1, -0.05) is 81.4 Å². The van der Waals surface area contributed by atoms with E-state index in [1.54, 1.807) is 12.4 Å². The van der Waals surface area contributed by atoms with Crippen molar-refractivity contribution in [2.24, 2.45) is 9.98 Å². The van der Waals surface area contributed by atoms with Gasteiger partial charge in [0.05, 0.1) is 13.1 Å². The highest BCUT2D eigenvalue weighted by Crippen LogP contribution is 2.36. The minimum atomic E-state index is -0.152. The highest BCUT2D eigenvalue weighted by Gasteiger charge is 2.22. The average Bonchev–Trinajstić information content (AvgIpc) is 2.70. The first-order valence-electron chi connectivity index (χ1n) is 12.4. The molecule has 0 amide bonds. The van der Waals surface area contributed by atoms with Crippen molar-refractivity contribution in [3.63, 3.8) is 0 Å². The molecule has 2 aromatic carbocycles. The lowest BCUT2D eigenvalue weighted by Crippen LogP contribution is -2.13. The van der Waals surface area contributed by atoms with Crippen molar-refractivity contribution in [2.75, 3.05) is 13.1 Å². The molecule has 0 bridgehead atoms. The smallest absolute Gasteiger partial charge is 0.128 e. The van der Waals surface area contributed by atoms with E-state index in [0.717, 1.165) is 22.3 Å². The van der Waals surface area contributed by atoms with Crippen molar-refractivity contribution < 1.29 is 10.2 Å². The molecular weight excluding hydrogens is 420 g/mol. The zero-order valence-corrected chi connectivity index (χ0v) is 22.8. The molecule has 4 nitrogen and oxygen atoms in total. The van der Waals surface area contributed by atoms with E-state index in [4.69, 9.17) is 0 Å². The zero-order valence-electron chi connectivity index (χ0n) is 22.8. The molecule has 0 saturated heterocycles. The van der Waals surface area contributed by atoms with Crippen LogP contribution in [0.1, 0.15) is 114 Å². The molecule has 0 fully saturated rings. The lowest BCUT2D eigenvalue weighted by atomic mass is 9.82. The highest BCUT2D eigenvalue weighted by molar-refractivity contribution is 5.86. The van der Waals surface area contributed by atoms with Crippen LogP contribution in [0.2, 0.25) is 0 Å². The van der Waals surface area contributed by atoms with E-state index in [-0.39, 0.29) is 10.8 Å². The Balaban J connectivity index is 2.21. The summed E-state index contributed by atoms with van der Waals surface area (Å²) in [5.41, 5.74) is 5.45. The Morgan fingerprint density at radius 2 is 0.971 bits per heavy atom. The lowest BCUT2D eigenvalue weighted by Gasteiger charge is -2.23. The summed E-state index contributed by atoms with van der Waals surface area (Å²) < 4.78 is 0. The molecule has 4 heteroatoms. The fourth-order valence-electron chi connectivity index (χ4n) is 3.81. The number of aromatic hydroxyl groups is 2. The molecule has 2 N–H and O–H groups in total. The van der Waals surface area contributed by atoms with Crippen LogP contribution in [0.5, 0.6) is 11.5 Å². The summed E-state index contributed by atoms with van der Waals surface area (Å²) in [6.07, 6.45) is 3.50. The van der Waals surface area contributed by atoms with Crippen molar-refractivity contribution in [3.05, 3.63) is 57.6 Å². The molecule has 0 radical (unpaired) electrons. The first-order chi connectivity index (χ1) is 15.6. The molecule has 34 heavy (non-hydrogen) atoms. The Hall–Kier alpha value is -2.62. The Kier molecular flexibility index (Phi) is 8.74. The number of benzene rings is 2. The molecule has 0 aliphatic rings. The molecule has 2 aromatic rings. The highest BCUT2D eigenvalue weighted by atomic mass is 16.3. The van der Waals surface area contributed by atoms with Gasteiger partial charge in [-0.2, -0.15) is 0 Å². The van der Waals surface area contributed by atoms with Crippen LogP contribution in [0.3, 0.4) is 0 Å². The molecule has 0 aliphatic carbocycles. The van der Waals surface area contributed by atoms with E-state index in [0.29, 0.717) is 36.4 Å². The first kappa shape index (κ1) is 27.6. The van der Waals surface area contributed by atoms with Gasteiger partial charge in [-0.15, -0.1) is 0 Å². The molecule has 0 aliphatic heterocycles. The first-order valence-corrected chi connectivity index (χ1v) is 12.4. The monoisotopic (exact) mass is 464 g/mol.